The Labute approximate surface area is 162 Å². The van der Waals surface area contributed by atoms with Crippen LogP contribution in [0.3, 0.4) is 0 Å². The zero-order valence-electron chi connectivity index (χ0n) is 15.2. The highest BCUT2D eigenvalue weighted by molar-refractivity contribution is 7.99. The number of ether oxygens (including phenoxy) is 1. The van der Waals surface area contributed by atoms with Crippen molar-refractivity contribution in [1.82, 2.24) is 15.2 Å². The van der Waals surface area contributed by atoms with Gasteiger partial charge in [0.05, 0.1) is 6.26 Å². The van der Waals surface area contributed by atoms with Gasteiger partial charge in [0.1, 0.15) is 0 Å². The second-order valence-electron chi connectivity index (χ2n) is 6.36. The number of hydrogen-bond donors (Lipinski definition) is 1. The number of hydrogen-bond acceptors (Lipinski definition) is 7. The molecule has 0 saturated carbocycles. The highest BCUT2D eigenvalue weighted by Gasteiger charge is 2.27. The minimum atomic E-state index is -0.471. The number of unbranched alkanes of at least 4 members (excludes halogenated alkanes) is 3. The zero-order valence-corrected chi connectivity index (χ0v) is 16.0. The molecule has 140 valence electrons. The molecule has 0 aliphatic carbocycles. The van der Waals surface area contributed by atoms with Crippen LogP contribution in [-0.2, 0) is 0 Å². The van der Waals surface area contributed by atoms with E-state index in [4.69, 9.17) is 9.15 Å². The van der Waals surface area contributed by atoms with Crippen LogP contribution in [0.15, 0.2) is 52.2 Å². The predicted molar refractivity (Wildman–Crippen MR) is 106 cm³/mol. The summed E-state index contributed by atoms with van der Waals surface area (Å²) >= 11 is 1.62. The van der Waals surface area contributed by atoms with E-state index in [2.05, 4.69) is 27.4 Å². The average Bonchev–Trinajstić information content (AvgIpc) is 3.18. The Morgan fingerprint density at radius 3 is 2.85 bits per heavy atom. The fraction of sp³-hybridized carbons (Fsp3) is 0.350. The molecule has 0 saturated heterocycles. The molecule has 0 bridgehead atoms. The first-order valence-corrected chi connectivity index (χ1v) is 10.3. The molecule has 3 aromatic rings. The fourth-order valence-electron chi connectivity index (χ4n) is 2.97. The molecule has 3 heterocycles. The average molecular weight is 382 g/mol. The van der Waals surface area contributed by atoms with Gasteiger partial charge in [0.2, 0.25) is 17.3 Å². The minimum Gasteiger partial charge on any atom is -0.463 e. The number of nitrogens with zero attached hydrogens (tertiary/aromatic N) is 3. The second kappa shape index (κ2) is 8.43. The second-order valence-corrected chi connectivity index (χ2v) is 7.42. The van der Waals surface area contributed by atoms with Crippen molar-refractivity contribution in [3.05, 3.63) is 48.4 Å². The maximum Gasteiger partial charge on any atom is 0.247 e. The lowest BCUT2D eigenvalue weighted by Gasteiger charge is -2.16. The molecule has 0 amide bonds. The topological polar surface area (TPSA) is 73.1 Å². The van der Waals surface area contributed by atoms with Gasteiger partial charge in [-0.25, -0.2) is 0 Å². The van der Waals surface area contributed by atoms with Gasteiger partial charge in [-0.15, -0.1) is 10.2 Å². The SMILES string of the molecule is CCCCCCSc1nnc2c(n1)OC(c1ccco1)Nc1ccccc1-2. The van der Waals surface area contributed by atoms with Gasteiger partial charge in [0.25, 0.3) is 0 Å². The lowest BCUT2D eigenvalue weighted by atomic mass is 10.1. The molecule has 1 atom stereocenters. The molecule has 4 rings (SSSR count). The molecule has 1 aromatic carbocycles. The van der Waals surface area contributed by atoms with Gasteiger partial charge in [0, 0.05) is 17.0 Å². The number of anilines is 1. The van der Waals surface area contributed by atoms with Crippen molar-refractivity contribution in [2.45, 2.75) is 44.0 Å². The number of nitrogens with one attached hydrogen (secondary N) is 1. The van der Waals surface area contributed by atoms with Crippen LogP contribution in [-0.4, -0.2) is 20.9 Å². The molecule has 1 N–H and O–H groups in total. The highest BCUT2D eigenvalue weighted by Crippen LogP contribution is 2.39. The maximum absolute atomic E-state index is 6.14. The molecule has 27 heavy (non-hydrogen) atoms. The molecular formula is C20H22N4O2S. The number of rotatable bonds is 7. The number of aromatic nitrogens is 3. The van der Waals surface area contributed by atoms with Crippen molar-refractivity contribution in [3.8, 4) is 17.1 Å². The van der Waals surface area contributed by atoms with E-state index in [9.17, 15) is 0 Å². The monoisotopic (exact) mass is 382 g/mol. The first kappa shape index (κ1) is 17.9. The summed E-state index contributed by atoms with van der Waals surface area (Å²) in [7, 11) is 0. The van der Waals surface area contributed by atoms with Gasteiger partial charge < -0.3 is 14.5 Å². The molecule has 2 aromatic heterocycles. The molecule has 1 unspecified atom stereocenters. The van der Waals surface area contributed by atoms with Crippen LogP contribution in [0.5, 0.6) is 5.88 Å². The van der Waals surface area contributed by atoms with Crippen LogP contribution in [0, 0.1) is 0 Å². The molecule has 0 spiro atoms. The summed E-state index contributed by atoms with van der Waals surface area (Å²) in [6.07, 6.45) is 6.04. The molecule has 1 aliphatic heterocycles. The highest BCUT2D eigenvalue weighted by atomic mass is 32.2. The smallest absolute Gasteiger partial charge is 0.247 e. The summed E-state index contributed by atoms with van der Waals surface area (Å²) < 4.78 is 11.7. The van der Waals surface area contributed by atoms with Crippen molar-refractivity contribution in [1.29, 1.82) is 0 Å². The molecule has 0 fully saturated rings. The van der Waals surface area contributed by atoms with E-state index in [0.717, 1.165) is 23.4 Å². The van der Waals surface area contributed by atoms with Crippen molar-refractivity contribution in [2.24, 2.45) is 0 Å². The summed E-state index contributed by atoms with van der Waals surface area (Å²) in [5, 5.41) is 12.7. The van der Waals surface area contributed by atoms with E-state index in [-0.39, 0.29) is 0 Å². The number of benzene rings is 1. The van der Waals surface area contributed by atoms with Crippen LogP contribution < -0.4 is 10.1 Å². The Bertz CT molecular complexity index is 885. The van der Waals surface area contributed by atoms with E-state index in [1.54, 1.807) is 18.0 Å². The predicted octanol–water partition coefficient (Wildman–Crippen LogP) is 5.31. The van der Waals surface area contributed by atoms with Crippen molar-refractivity contribution >= 4 is 17.4 Å². The Hall–Kier alpha value is -2.54. The Morgan fingerprint density at radius 2 is 2.00 bits per heavy atom. The Balaban J connectivity index is 1.61. The number of para-hydroxylation sites is 1. The van der Waals surface area contributed by atoms with Crippen molar-refractivity contribution < 1.29 is 9.15 Å². The summed E-state index contributed by atoms with van der Waals surface area (Å²) in [6, 6.07) is 11.6. The van der Waals surface area contributed by atoms with Crippen molar-refractivity contribution in [3.63, 3.8) is 0 Å². The summed E-state index contributed by atoms with van der Waals surface area (Å²) in [6.45, 7) is 2.21. The van der Waals surface area contributed by atoms with Crippen LogP contribution in [0.25, 0.3) is 11.3 Å². The van der Waals surface area contributed by atoms with Crippen LogP contribution in [0.4, 0.5) is 5.69 Å². The molecule has 0 radical (unpaired) electrons. The third-order valence-electron chi connectivity index (χ3n) is 4.36. The zero-order chi connectivity index (χ0) is 18.5. The number of thioether (sulfide) groups is 1. The quantitative estimate of drug-likeness (QED) is 0.438. The standard InChI is InChI=1S/C20H22N4O2S/c1-2-3-4-7-13-27-20-22-19-17(23-24-20)14-9-5-6-10-15(14)21-18(26-19)16-11-8-12-25-16/h5-6,8-12,18,21H,2-4,7,13H2,1H3. The summed E-state index contributed by atoms with van der Waals surface area (Å²) in [4.78, 5) is 4.64. The van der Waals surface area contributed by atoms with Crippen LogP contribution >= 0.6 is 11.8 Å². The molecule has 6 nitrogen and oxygen atoms in total. The Kier molecular flexibility index (Phi) is 5.58. The van der Waals surface area contributed by atoms with E-state index in [1.807, 2.05) is 36.4 Å². The summed E-state index contributed by atoms with van der Waals surface area (Å²) in [5.41, 5.74) is 2.47. The lowest BCUT2D eigenvalue weighted by molar-refractivity contribution is 0.195. The first-order valence-electron chi connectivity index (χ1n) is 9.28. The first-order chi connectivity index (χ1) is 13.3. The molecule has 7 heteroatoms. The van der Waals surface area contributed by atoms with Crippen LogP contribution in [0.2, 0.25) is 0 Å². The van der Waals surface area contributed by atoms with Gasteiger partial charge in [-0.1, -0.05) is 56.1 Å². The van der Waals surface area contributed by atoms with Gasteiger partial charge in [-0.05, 0) is 24.6 Å². The van der Waals surface area contributed by atoms with Crippen LogP contribution in [0.1, 0.15) is 44.6 Å². The van der Waals surface area contributed by atoms with Gasteiger partial charge >= 0.3 is 0 Å². The van der Waals surface area contributed by atoms with Gasteiger partial charge in [0.15, 0.2) is 11.5 Å². The third kappa shape index (κ3) is 4.08. The Morgan fingerprint density at radius 1 is 1.07 bits per heavy atom. The van der Waals surface area contributed by atoms with Gasteiger partial charge in [-0.2, -0.15) is 4.98 Å². The number of furan rings is 1. The fourth-order valence-corrected chi connectivity index (χ4v) is 3.75. The third-order valence-corrected chi connectivity index (χ3v) is 5.29. The maximum atomic E-state index is 6.14. The van der Waals surface area contributed by atoms with Gasteiger partial charge in [-0.3, -0.25) is 0 Å². The minimum absolute atomic E-state index is 0.471. The van der Waals surface area contributed by atoms with E-state index in [1.165, 1.54) is 19.3 Å². The molecule has 1 aliphatic rings. The van der Waals surface area contributed by atoms with E-state index >= 15 is 0 Å². The normalized spacial score (nSPS) is 15.2. The van der Waals surface area contributed by atoms with E-state index in [0.29, 0.717) is 22.5 Å². The molecular weight excluding hydrogens is 360 g/mol. The summed E-state index contributed by atoms with van der Waals surface area (Å²) in [5.74, 6) is 2.14. The lowest BCUT2D eigenvalue weighted by Crippen LogP contribution is -2.16. The largest absolute Gasteiger partial charge is 0.463 e. The van der Waals surface area contributed by atoms with E-state index < -0.39 is 6.23 Å². The van der Waals surface area contributed by atoms with Crippen molar-refractivity contribution in [2.75, 3.05) is 11.1 Å². The number of fused-ring (bicyclic) bond motifs is 3.